The molecule has 1 amide bonds. The maximum absolute atomic E-state index is 13.0. The van der Waals surface area contributed by atoms with Crippen LogP contribution in [0, 0.1) is 0 Å². The molecule has 0 atom stereocenters. The van der Waals surface area contributed by atoms with Crippen LogP contribution in [0.4, 0.5) is 5.82 Å². The van der Waals surface area contributed by atoms with Gasteiger partial charge in [-0.05, 0) is 56.2 Å². The number of allylic oxidation sites excluding steroid dienone is 1. The Balaban J connectivity index is 0.00000304. The van der Waals surface area contributed by atoms with Crippen LogP contribution in [0.15, 0.2) is 79.0 Å². The Kier molecular flexibility index (Phi) is 8.27. The summed E-state index contributed by atoms with van der Waals surface area (Å²) in [6.45, 7) is 3.96. The third-order valence-corrected chi connectivity index (χ3v) is 6.47. The normalized spacial score (nSPS) is 15.3. The molecule has 5 rings (SSSR count). The quantitative estimate of drug-likeness (QED) is 0.257. The van der Waals surface area contributed by atoms with Crippen LogP contribution in [0.1, 0.15) is 19.8 Å². The minimum absolute atomic E-state index is 0. The van der Waals surface area contributed by atoms with E-state index in [2.05, 4.69) is 55.7 Å². The van der Waals surface area contributed by atoms with Crippen LogP contribution < -0.4 is 24.2 Å². The van der Waals surface area contributed by atoms with Gasteiger partial charge in [0.15, 0.2) is 0 Å². The first kappa shape index (κ1) is 25.7. The van der Waals surface area contributed by atoms with Crippen molar-refractivity contribution in [3.05, 3.63) is 84.4 Å². The number of carbonyl (C=O) groups is 1. The molecule has 0 spiro atoms. The molecule has 7 nitrogen and oxygen atoms in total. The van der Waals surface area contributed by atoms with E-state index in [0.717, 1.165) is 58.7 Å². The SMILES string of the molecule is C/C=C/C(=C\[N-]C1CCN(C)CC1)C(=O)Nc1cc2cc(-c3cncc4[nH]ccc34)ccc2cn1.[Li+]. The minimum atomic E-state index is -0.218. The van der Waals surface area contributed by atoms with Gasteiger partial charge in [0.1, 0.15) is 5.82 Å². The van der Waals surface area contributed by atoms with Gasteiger partial charge < -0.3 is 20.5 Å². The van der Waals surface area contributed by atoms with E-state index in [1.807, 2.05) is 43.7 Å². The minimum Gasteiger partial charge on any atom is -0.687 e. The van der Waals surface area contributed by atoms with Crippen molar-refractivity contribution in [3.63, 3.8) is 0 Å². The molecular weight excluding hydrogens is 443 g/mol. The first-order chi connectivity index (χ1) is 17.1. The molecule has 0 saturated carbocycles. The van der Waals surface area contributed by atoms with Crippen molar-refractivity contribution in [2.24, 2.45) is 0 Å². The van der Waals surface area contributed by atoms with Crippen LogP contribution in [0.5, 0.6) is 0 Å². The fourth-order valence-electron chi connectivity index (χ4n) is 4.46. The van der Waals surface area contributed by atoms with E-state index < -0.39 is 0 Å². The monoisotopic (exact) mass is 472 g/mol. The predicted molar refractivity (Wildman–Crippen MR) is 142 cm³/mol. The number of aromatic nitrogens is 3. The van der Waals surface area contributed by atoms with Crippen molar-refractivity contribution in [2.75, 3.05) is 25.5 Å². The molecule has 3 aromatic heterocycles. The summed E-state index contributed by atoms with van der Waals surface area (Å²) in [6, 6.07) is 10.4. The molecule has 178 valence electrons. The van der Waals surface area contributed by atoms with Crippen molar-refractivity contribution in [1.29, 1.82) is 0 Å². The molecule has 1 fully saturated rings. The van der Waals surface area contributed by atoms with Crippen LogP contribution >= 0.6 is 0 Å². The van der Waals surface area contributed by atoms with Crippen molar-refractivity contribution in [1.82, 2.24) is 19.9 Å². The fraction of sp³-hybridized carbons (Fsp3) is 0.250. The molecule has 1 aliphatic rings. The van der Waals surface area contributed by atoms with Crippen LogP contribution in [-0.2, 0) is 4.79 Å². The summed E-state index contributed by atoms with van der Waals surface area (Å²) in [5, 5.41) is 10.7. The number of fused-ring (bicyclic) bond motifs is 2. The number of rotatable bonds is 6. The third-order valence-electron chi connectivity index (χ3n) is 6.47. The van der Waals surface area contributed by atoms with Gasteiger partial charge in [-0.15, -0.1) is 6.04 Å². The molecule has 8 heteroatoms. The van der Waals surface area contributed by atoms with E-state index in [-0.39, 0.29) is 30.8 Å². The number of nitrogens with one attached hydrogen (secondary N) is 2. The Bertz CT molecular complexity index is 1420. The number of likely N-dealkylation sites (tertiary alicyclic amines) is 1. The van der Waals surface area contributed by atoms with E-state index in [4.69, 9.17) is 0 Å². The standard InChI is InChI=1S/C28H30N6O.Li/c1-3-4-21(16-31-23-8-11-34(2)12-9-23)28(35)33-27-14-22-13-19(5-6-20(22)15-32-27)25-17-29-18-26-24(25)7-10-30-26;/h3-7,10,13-18,23H,8-9,11-12H2,1-2H3,(H3,29,30,31,32,33,35);/q;+1/p-1/b4-3+;. The van der Waals surface area contributed by atoms with Crippen LogP contribution in [0.2, 0.25) is 0 Å². The number of H-pyrrole nitrogens is 1. The molecule has 0 bridgehead atoms. The maximum Gasteiger partial charge on any atom is 1.00 e. The van der Waals surface area contributed by atoms with Gasteiger partial charge in [-0.1, -0.05) is 37.1 Å². The first-order valence-corrected chi connectivity index (χ1v) is 11.9. The van der Waals surface area contributed by atoms with E-state index in [0.29, 0.717) is 11.4 Å². The summed E-state index contributed by atoms with van der Waals surface area (Å²) in [4.78, 5) is 27.4. The molecule has 1 saturated heterocycles. The Morgan fingerprint density at radius 2 is 1.97 bits per heavy atom. The van der Waals surface area contributed by atoms with Crippen molar-refractivity contribution in [2.45, 2.75) is 25.8 Å². The number of hydrogen-bond donors (Lipinski definition) is 2. The summed E-state index contributed by atoms with van der Waals surface area (Å²) in [5.74, 6) is 0.288. The van der Waals surface area contributed by atoms with Crippen molar-refractivity contribution >= 4 is 33.4 Å². The Hall–Kier alpha value is -3.37. The van der Waals surface area contributed by atoms with Gasteiger partial charge in [0.25, 0.3) is 5.91 Å². The molecule has 36 heavy (non-hydrogen) atoms. The van der Waals surface area contributed by atoms with Gasteiger partial charge in [-0.25, -0.2) is 4.98 Å². The summed E-state index contributed by atoms with van der Waals surface area (Å²) in [7, 11) is 2.13. The number of hydrogen-bond acceptors (Lipinski definition) is 4. The van der Waals surface area contributed by atoms with Gasteiger partial charge in [0, 0.05) is 40.5 Å². The second kappa shape index (κ2) is 11.6. The number of aromatic amines is 1. The molecule has 0 unspecified atom stereocenters. The van der Waals surface area contributed by atoms with Crippen LogP contribution in [0.25, 0.3) is 38.1 Å². The number of benzene rings is 1. The molecule has 0 aliphatic carbocycles. The van der Waals surface area contributed by atoms with Crippen molar-refractivity contribution in [3.8, 4) is 11.1 Å². The predicted octanol–water partition coefficient (Wildman–Crippen LogP) is 2.65. The third kappa shape index (κ3) is 5.71. The summed E-state index contributed by atoms with van der Waals surface area (Å²) in [6.07, 6.45) is 14.8. The summed E-state index contributed by atoms with van der Waals surface area (Å²) < 4.78 is 0. The second-order valence-corrected chi connectivity index (χ2v) is 8.98. The number of anilines is 1. The van der Waals surface area contributed by atoms with Crippen LogP contribution in [-0.4, -0.2) is 51.9 Å². The second-order valence-electron chi connectivity index (χ2n) is 8.98. The van der Waals surface area contributed by atoms with Crippen molar-refractivity contribution < 1.29 is 23.7 Å². The average molecular weight is 473 g/mol. The summed E-state index contributed by atoms with van der Waals surface area (Å²) >= 11 is 0. The first-order valence-electron chi connectivity index (χ1n) is 11.9. The number of carbonyl (C=O) groups excluding carboxylic acids is 1. The van der Waals surface area contributed by atoms with Gasteiger partial charge in [0.05, 0.1) is 11.7 Å². The summed E-state index contributed by atoms with van der Waals surface area (Å²) in [5.41, 5.74) is 3.64. The zero-order chi connectivity index (χ0) is 24.2. The number of nitrogens with zero attached hydrogens (tertiary/aromatic N) is 4. The molecular formula is C28H29LiN6O. The van der Waals surface area contributed by atoms with E-state index in [1.165, 1.54) is 0 Å². The topological polar surface area (TPSA) is 88.0 Å². The molecule has 4 aromatic rings. The molecule has 1 aromatic carbocycles. The van der Waals surface area contributed by atoms with E-state index >= 15 is 0 Å². The number of pyridine rings is 2. The van der Waals surface area contributed by atoms with Gasteiger partial charge in [-0.3, -0.25) is 9.78 Å². The van der Waals surface area contributed by atoms with Crippen LogP contribution in [0.3, 0.4) is 0 Å². The number of amides is 1. The van der Waals surface area contributed by atoms with E-state index in [1.54, 1.807) is 18.5 Å². The fourth-order valence-corrected chi connectivity index (χ4v) is 4.46. The number of piperidine rings is 1. The zero-order valence-corrected chi connectivity index (χ0v) is 21.0. The maximum atomic E-state index is 13.0. The molecule has 2 N–H and O–H groups in total. The Labute approximate surface area is 223 Å². The van der Waals surface area contributed by atoms with Gasteiger partial charge >= 0.3 is 18.9 Å². The molecule has 4 heterocycles. The van der Waals surface area contributed by atoms with Gasteiger partial charge in [-0.2, -0.15) is 6.20 Å². The average Bonchev–Trinajstić information content (AvgIpc) is 3.36. The molecule has 0 radical (unpaired) electrons. The van der Waals surface area contributed by atoms with Gasteiger partial charge in [0.2, 0.25) is 0 Å². The Morgan fingerprint density at radius 3 is 2.78 bits per heavy atom. The van der Waals surface area contributed by atoms with E-state index in [9.17, 15) is 4.79 Å². The smallest absolute Gasteiger partial charge is 0.687 e. The molecule has 1 aliphatic heterocycles. The largest absolute Gasteiger partial charge is 1.00 e. The zero-order valence-electron chi connectivity index (χ0n) is 21.0. The Morgan fingerprint density at radius 1 is 1.14 bits per heavy atom.